The van der Waals surface area contributed by atoms with Crippen LogP contribution in [0.3, 0.4) is 0 Å². The molecule has 0 bridgehead atoms. The first-order valence-electron chi connectivity index (χ1n) is 7.77. The number of thiophene rings is 1. The van der Waals surface area contributed by atoms with E-state index in [9.17, 15) is 4.79 Å². The number of rotatable bonds is 4. The van der Waals surface area contributed by atoms with Crippen LogP contribution < -0.4 is 10.6 Å². The quantitative estimate of drug-likeness (QED) is 0.738. The van der Waals surface area contributed by atoms with E-state index >= 15 is 0 Å². The van der Waals surface area contributed by atoms with Crippen molar-refractivity contribution in [3.8, 4) is 5.69 Å². The Kier molecular flexibility index (Phi) is 4.66. The molecule has 0 fully saturated rings. The minimum atomic E-state index is -0.219. The summed E-state index contributed by atoms with van der Waals surface area (Å²) in [6.07, 6.45) is 3.59. The number of aryl methyl sites for hydroxylation is 2. The Balaban J connectivity index is 1.67. The van der Waals surface area contributed by atoms with Crippen molar-refractivity contribution in [1.29, 1.82) is 0 Å². The van der Waals surface area contributed by atoms with Gasteiger partial charge in [-0.15, -0.1) is 11.3 Å². The molecule has 0 saturated heterocycles. The van der Waals surface area contributed by atoms with Crippen LogP contribution in [0.2, 0.25) is 0 Å². The molecule has 0 saturated carbocycles. The van der Waals surface area contributed by atoms with Gasteiger partial charge in [-0.3, -0.25) is 0 Å². The maximum atomic E-state index is 12.3. The SMILES string of the molecule is Cc1cc([C@H](C)NC(=O)Nc2cccc(-n3cccn3)c2)c(C)s1. The molecule has 3 aromatic rings. The highest BCUT2D eigenvalue weighted by atomic mass is 32.1. The van der Waals surface area contributed by atoms with Gasteiger partial charge in [0, 0.05) is 27.8 Å². The Morgan fingerprint density at radius 2 is 2.08 bits per heavy atom. The van der Waals surface area contributed by atoms with Crippen LogP contribution in [0.25, 0.3) is 5.69 Å². The first-order chi connectivity index (χ1) is 11.5. The summed E-state index contributed by atoms with van der Waals surface area (Å²) in [7, 11) is 0. The minimum absolute atomic E-state index is 0.0377. The second kappa shape index (κ2) is 6.88. The van der Waals surface area contributed by atoms with E-state index in [0.717, 1.165) is 16.9 Å². The Hall–Kier alpha value is -2.60. The summed E-state index contributed by atoms with van der Waals surface area (Å²) in [6, 6.07) is 11.3. The zero-order chi connectivity index (χ0) is 17.1. The van der Waals surface area contributed by atoms with Crippen LogP contribution in [-0.4, -0.2) is 15.8 Å². The molecule has 1 atom stereocenters. The van der Waals surface area contributed by atoms with Crippen molar-refractivity contribution in [2.24, 2.45) is 0 Å². The smallest absolute Gasteiger partial charge is 0.319 e. The monoisotopic (exact) mass is 340 g/mol. The zero-order valence-corrected chi connectivity index (χ0v) is 14.7. The van der Waals surface area contributed by atoms with E-state index < -0.39 is 0 Å². The third-order valence-electron chi connectivity index (χ3n) is 3.77. The van der Waals surface area contributed by atoms with E-state index in [4.69, 9.17) is 0 Å². The van der Waals surface area contributed by atoms with Crippen molar-refractivity contribution in [2.45, 2.75) is 26.8 Å². The lowest BCUT2D eigenvalue weighted by Gasteiger charge is -2.15. The van der Waals surface area contributed by atoms with Crippen molar-refractivity contribution in [3.63, 3.8) is 0 Å². The molecule has 2 aromatic heterocycles. The van der Waals surface area contributed by atoms with Gasteiger partial charge < -0.3 is 10.6 Å². The van der Waals surface area contributed by atoms with Gasteiger partial charge in [-0.05, 0) is 56.7 Å². The third kappa shape index (κ3) is 3.65. The van der Waals surface area contributed by atoms with E-state index in [-0.39, 0.29) is 12.1 Å². The number of aromatic nitrogens is 2. The molecule has 2 heterocycles. The third-order valence-corrected chi connectivity index (χ3v) is 4.75. The van der Waals surface area contributed by atoms with Gasteiger partial charge in [0.05, 0.1) is 11.7 Å². The number of nitrogens with zero attached hydrogens (tertiary/aromatic N) is 2. The van der Waals surface area contributed by atoms with Crippen LogP contribution >= 0.6 is 11.3 Å². The molecule has 6 heteroatoms. The molecule has 2 N–H and O–H groups in total. The number of benzene rings is 1. The molecule has 0 unspecified atom stereocenters. The average Bonchev–Trinajstić information content (AvgIpc) is 3.17. The summed E-state index contributed by atoms with van der Waals surface area (Å²) in [4.78, 5) is 14.8. The topological polar surface area (TPSA) is 59.0 Å². The lowest BCUT2D eigenvalue weighted by atomic mass is 10.1. The molecule has 3 rings (SSSR count). The van der Waals surface area contributed by atoms with Crippen LogP contribution in [0.1, 0.15) is 28.3 Å². The van der Waals surface area contributed by atoms with Crippen LogP contribution in [0, 0.1) is 13.8 Å². The largest absolute Gasteiger partial charge is 0.331 e. The predicted molar refractivity (Wildman–Crippen MR) is 97.9 cm³/mol. The highest BCUT2D eigenvalue weighted by Gasteiger charge is 2.14. The van der Waals surface area contributed by atoms with Gasteiger partial charge in [-0.25, -0.2) is 9.48 Å². The molecule has 0 aliphatic rings. The molecule has 1 aromatic carbocycles. The van der Waals surface area contributed by atoms with Gasteiger partial charge in [0.25, 0.3) is 0 Å². The van der Waals surface area contributed by atoms with Crippen molar-refractivity contribution >= 4 is 23.1 Å². The van der Waals surface area contributed by atoms with Gasteiger partial charge in [-0.1, -0.05) is 6.07 Å². The van der Waals surface area contributed by atoms with Crippen molar-refractivity contribution < 1.29 is 4.79 Å². The van der Waals surface area contributed by atoms with Crippen LogP contribution in [0.4, 0.5) is 10.5 Å². The summed E-state index contributed by atoms with van der Waals surface area (Å²) >= 11 is 1.75. The maximum absolute atomic E-state index is 12.3. The van der Waals surface area contributed by atoms with Gasteiger partial charge in [0.2, 0.25) is 0 Å². The zero-order valence-electron chi connectivity index (χ0n) is 13.9. The fourth-order valence-corrected chi connectivity index (χ4v) is 3.69. The molecular formula is C18H20N4OS. The van der Waals surface area contributed by atoms with Crippen molar-refractivity contribution in [3.05, 3.63) is 64.1 Å². The van der Waals surface area contributed by atoms with Gasteiger partial charge in [-0.2, -0.15) is 5.10 Å². The van der Waals surface area contributed by atoms with Gasteiger partial charge in [0.15, 0.2) is 0 Å². The number of nitrogens with one attached hydrogen (secondary N) is 2. The summed E-state index contributed by atoms with van der Waals surface area (Å²) in [6.45, 7) is 6.15. The van der Waals surface area contributed by atoms with E-state index in [2.05, 4.69) is 35.6 Å². The highest BCUT2D eigenvalue weighted by Crippen LogP contribution is 2.26. The van der Waals surface area contributed by atoms with Crippen LogP contribution in [-0.2, 0) is 0 Å². The average molecular weight is 340 g/mol. The number of amides is 2. The van der Waals surface area contributed by atoms with Gasteiger partial charge in [0.1, 0.15) is 0 Å². The fraction of sp³-hybridized carbons (Fsp3) is 0.222. The Morgan fingerprint density at radius 3 is 2.75 bits per heavy atom. The lowest BCUT2D eigenvalue weighted by Crippen LogP contribution is -2.31. The van der Waals surface area contributed by atoms with Crippen molar-refractivity contribution in [1.82, 2.24) is 15.1 Å². The maximum Gasteiger partial charge on any atom is 0.319 e. The highest BCUT2D eigenvalue weighted by molar-refractivity contribution is 7.12. The first-order valence-corrected chi connectivity index (χ1v) is 8.59. The van der Waals surface area contributed by atoms with Crippen LogP contribution in [0.15, 0.2) is 48.8 Å². The van der Waals surface area contributed by atoms with E-state index in [1.165, 1.54) is 9.75 Å². The number of hydrogen-bond donors (Lipinski definition) is 2. The second-order valence-electron chi connectivity index (χ2n) is 5.69. The minimum Gasteiger partial charge on any atom is -0.331 e. The lowest BCUT2D eigenvalue weighted by molar-refractivity contribution is 0.249. The standard InChI is InChI=1S/C18H20N4OS/c1-12-10-17(14(3)24-12)13(2)20-18(23)21-15-6-4-7-16(11-15)22-9-5-8-19-22/h4-11,13H,1-3H3,(H2,20,21,23)/t13-/m0/s1. The summed E-state index contributed by atoms with van der Waals surface area (Å²) in [5.41, 5.74) is 2.79. The number of hydrogen-bond acceptors (Lipinski definition) is 3. The Labute approximate surface area is 145 Å². The normalized spacial score (nSPS) is 12.0. The molecule has 0 aliphatic heterocycles. The van der Waals surface area contributed by atoms with E-state index in [1.54, 1.807) is 22.2 Å². The number of carbonyl (C=O) groups is 1. The molecule has 5 nitrogen and oxygen atoms in total. The molecular weight excluding hydrogens is 320 g/mol. The van der Waals surface area contributed by atoms with Crippen molar-refractivity contribution in [2.75, 3.05) is 5.32 Å². The number of carbonyl (C=O) groups excluding carboxylic acids is 1. The molecule has 2 amide bonds. The Morgan fingerprint density at radius 1 is 1.25 bits per heavy atom. The molecule has 0 aliphatic carbocycles. The first kappa shape index (κ1) is 16.3. The van der Waals surface area contributed by atoms with Gasteiger partial charge >= 0.3 is 6.03 Å². The Bertz CT molecular complexity index is 839. The van der Waals surface area contributed by atoms with Crippen LogP contribution in [0.5, 0.6) is 0 Å². The molecule has 0 radical (unpaired) electrons. The second-order valence-corrected chi connectivity index (χ2v) is 7.15. The number of anilines is 1. The molecule has 124 valence electrons. The summed E-state index contributed by atoms with van der Waals surface area (Å²) in [5, 5.41) is 10.1. The summed E-state index contributed by atoms with van der Waals surface area (Å²) in [5.74, 6) is 0. The summed E-state index contributed by atoms with van der Waals surface area (Å²) < 4.78 is 1.75. The van der Waals surface area contributed by atoms with E-state index in [1.807, 2.05) is 43.5 Å². The fourth-order valence-electron chi connectivity index (χ4n) is 2.67. The molecule has 0 spiro atoms. The predicted octanol–water partition coefficient (Wildman–Crippen LogP) is 4.43. The molecule has 24 heavy (non-hydrogen) atoms. The number of urea groups is 1. The van der Waals surface area contributed by atoms with E-state index in [0.29, 0.717) is 0 Å².